The molecule has 0 bridgehead atoms. The lowest BCUT2D eigenvalue weighted by Crippen LogP contribution is -2.50. The van der Waals surface area contributed by atoms with E-state index in [1.165, 1.54) is 18.4 Å². The number of amides is 3. The minimum atomic E-state index is -0.784. The normalized spacial score (nSPS) is 19.6. The molecule has 3 fully saturated rings. The van der Waals surface area contributed by atoms with Crippen LogP contribution in [0.1, 0.15) is 75.6 Å². The molecular weight excluding hydrogens is 514 g/mol. The predicted molar refractivity (Wildman–Crippen MR) is 160 cm³/mol. The van der Waals surface area contributed by atoms with Gasteiger partial charge in [0.05, 0.1) is 32.8 Å². The minimum Gasteiger partial charge on any atom is -0.497 e. The number of aryl methyl sites for hydroxylation is 1. The van der Waals surface area contributed by atoms with Crippen LogP contribution < -0.4 is 20.7 Å². The molecule has 3 N–H and O–H groups in total. The van der Waals surface area contributed by atoms with E-state index in [-0.39, 0.29) is 23.2 Å². The Labute approximate surface area is 243 Å². The van der Waals surface area contributed by atoms with Crippen LogP contribution in [0.4, 0.5) is 0 Å². The zero-order valence-corrected chi connectivity index (χ0v) is 24.9. The molecule has 0 unspecified atom stereocenters. The summed E-state index contributed by atoms with van der Waals surface area (Å²) in [7, 11) is 1.67. The van der Waals surface area contributed by atoms with Gasteiger partial charge in [0.2, 0.25) is 18.2 Å². The molecule has 1 saturated carbocycles. The lowest BCUT2D eigenvalue weighted by atomic mass is 9.91. The standard InChI is InChI=1S/C16H25N3O5.C8H10O.C4H8O.C2H6.3H2/c1-16(9-24-16)15(23)12(6-11-4-2-3-5-11)19-14(22)8-18-13(21)7-17-10-20;1-7-3-5-8(9-2)6-4-7;1-2-4-5-3-1;1-2;;;/h10-12H,2-9H2,1H3,(H,17,20)(H,18,21)(H,19,22);3-6H,1-2H3;1-4H2;1-2H3;3*1H/t12-,16+;;;;;;/m0....../s1. The zero-order chi connectivity index (χ0) is 29.8. The van der Waals surface area contributed by atoms with Crippen molar-refractivity contribution in [2.75, 3.05) is 40.0 Å². The van der Waals surface area contributed by atoms with Gasteiger partial charge in [-0.25, -0.2) is 0 Å². The topological polar surface area (TPSA) is 135 Å². The molecule has 2 heterocycles. The maximum atomic E-state index is 12.6. The number of Topliss-reactive ketones (excluding diaryl/α,β-unsaturated/α-hetero) is 1. The van der Waals surface area contributed by atoms with Gasteiger partial charge in [0.25, 0.3) is 0 Å². The fraction of sp³-hybridized carbons (Fsp3) is 0.667. The maximum Gasteiger partial charge on any atom is 0.239 e. The van der Waals surface area contributed by atoms with Crippen molar-refractivity contribution in [3.63, 3.8) is 0 Å². The number of epoxide rings is 1. The van der Waals surface area contributed by atoms with E-state index in [1.54, 1.807) is 14.0 Å². The van der Waals surface area contributed by atoms with E-state index in [2.05, 4.69) is 22.9 Å². The molecule has 2 aliphatic heterocycles. The van der Waals surface area contributed by atoms with Gasteiger partial charge in [0.1, 0.15) is 11.4 Å². The number of methoxy groups -OCH3 is 1. The average Bonchev–Trinajstić information content (AvgIpc) is 3.37. The highest BCUT2D eigenvalue weighted by Gasteiger charge is 2.50. The molecule has 40 heavy (non-hydrogen) atoms. The first-order valence-corrected chi connectivity index (χ1v) is 14.4. The summed E-state index contributed by atoms with van der Waals surface area (Å²) in [4.78, 5) is 46.1. The molecule has 0 aromatic heterocycles. The zero-order valence-electron chi connectivity index (χ0n) is 24.9. The van der Waals surface area contributed by atoms with Crippen LogP contribution in [0, 0.1) is 12.8 Å². The number of hydrogen-bond acceptors (Lipinski definition) is 7. The van der Waals surface area contributed by atoms with E-state index in [1.807, 2.05) is 38.1 Å². The molecule has 232 valence electrons. The van der Waals surface area contributed by atoms with Gasteiger partial charge in [-0.2, -0.15) is 0 Å². The first-order valence-electron chi connectivity index (χ1n) is 14.4. The number of rotatable bonds is 11. The molecule has 3 aliphatic rings. The minimum absolute atomic E-state index is 0. The molecule has 10 nitrogen and oxygen atoms in total. The second kappa shape index (κ2) is 20.0. The van der Waals surface area contributed by atoms with Crippen molar-refractivity contribution in [3.05, 3.63) is 29.8 Å². The Morgan fingerprint density at radius 1 is 1.05 bits per heavy atom. The third-order valence-corrected chi connectivity index (χ3v) is 6.67. The summed E-state index contributed by atoms with van der Waals surface area (Å²) in [6, 6.07) is 7.38. The Kier molecular flexibility index (Phi) is 17.5. The first kappa shape index (κ1) is 35.0. The van der Waals surface area contributed by atoms with Gasteiger partial charge in [0, 0.05) is 17.5 Å². The summed E-state index contributed by atoms with van der Waals surface area (Å²) in [6.07, 6.45) is 8.05. The van der Waals surface area contributed by atoms with Crippen LogP contribution in [-0.2, 0) is 28.7 Å². The van der Waals surface area contributed by atoms with E-state index in [9.17, 15) is 19.2 Å². The summed E-state index contributed by atoms with van der Waals surface area (Å²) in [5.41, 5.74) is 0.476. The molecule has 3 amide bonds. The molecule has 1 aromatic rings. The van der Waals surface area contributed by atoms with Crippen molar-refractivity contribution in [1.29, 1.82) is 0 Å². The molecule has 2 atom stereocenters. The SMILES string of the molecule is C1CCOC1.CC.COc1ccc(C)cc1.C[C@]1(C(=O)[C@H](CC2CCCC2)NC(=O)CNC(=O)CNC=O)CO1.[HH].[HH].[HH]. The van der Waals surface area contributed by atoms with E-state index >= 15 is 0 Å². The molecule has 0 spiro atoms. The number of ketones is 1. The van der Waals surface area contributed by atoms with Crippen LogP contribution in [0.2, 0.25) is 0 Å². The largest absolute Gasteiger partial charge is 0.497 e. The van der Waals surface area contributed by atoms with Crippen LogP contribution in [0.15, 0.2) is 24.3 Å². The summed E-state index contributed by atoms with van der Waals surface area (Å²) in [5, 5.41) is 7.34. The predicted octanol–water partition coefficient (Wildman–Crippen LogP) is 3.84. The molecule has 0 radical (unpaired) electrons. The Balaban J connectivity index is -0.000000695. The lowest BCUT2D eigenvalue weighted by molar-refractivity contribution is -0.131. The summed E-state index contributed by atoms with van der Waals surface area (Å²) < 4.78 is 15.1. The number of hydrogen-bond donors (Lipinski definition) is 3. The molecule has 1 aromatic carbocycles. The Morgan fingerprint density at radius 3 is 2.12 bits per heavy atom. The smallest absolute Gasteiger partial charge is 0.239 e. The molecule has 2 saturated heterocycles. The van der Waals surface area contributed by atoms with Crippen molar-refractivity contribution in [3.8, 4) is 5.75 Å². The Morgan fingerprint density at radius 2 is 1.65 bits per heavy atom. The van der Waals surface area contributed by atoms with Gasteiger partial charge in [-0.1, -0.05) is 57.2 Å². The first-order chi connectivity index (χ1) is 19.3. The summed E-state index contributed by atoms with van der Waals surface area (Å²) in [6.45, 7) is 9.75. The highest BCUT2D eigenvalue weighted by Crippen LogP contribution is 2.33. The van der Waals surface area contributed by atoms with E-state index in [0.717, 1.165) is 44.6 Å². The van der Waals surface area contributed by atoms with Crippen molar-refractivity contribution in [1.82, 2.24) is 16.0 Å². The Bertz CT molecular complexity index is 886. The quantitative estimate of drug-likeness (QED) is 0.272. The number of carbonyl (C=O) groups excluding carboxylic acids is 4. The maximum absolute atomic E-state index is 12.6. The van der Waals surface area contributed by atoms with Gasteiger partial charge >= 0.3 is 0 Å². The van der Waals surface area contributed by atoms with E-state index in [0.29, 0.717) is 25.4 Å². The average molecular weight is 570 g/mol. The summed E-state index contributed by atoms with van der Waals surface area (Å²) in [5.74, 6) is 0.369. The lowest BCUT2D eigenvalue weighted by Gasteiger charge is -2.22. The highest BCUT2D eigenvalue weighted by molar-refractivity contribution is 5.97. The third-order valence-electron chi connectivity index (χ3n) is 6.67. The van der Waals surface area contributed by atoms with Crippen LogP contribution in [0.5, 0.6) is 5.75 Å². The van der Waals surface area contributed by atoms with Crippen LogP contribution in [0.25, 0.3) is 0 Å². The van der Waals surface area contributed by atoms with Gasteiger partial charge < -0.3 is 30.2 Å². The summed E-state index contributed by atoms with van der Waals surface area (Å²) >= 11 is 0. The fourth-order valence-corrected chi connectivity index (χ4v) is 4.24. The van der Waals surface area contributed by atoms with Crippen molar-refractivity contribution in [2.24, 2.45) is 5.92 Å². The van der Waals surface area contributed by atoms with Crippen molar-refractivity contribution >= 4 is 24.0 Å². The fourth-order valence-electron chi connectivity index (χ4n) is 4.24. The molecule has 10 heteroatoms. The number of ether oxygens (including phenoxy) is 3. The van der Waals surface area contributed by atoms with Crippen LogP contribution in [-0.4, -0.2) is 75.7 Å². The second-order valence-electron chi connectivity index (χ2n) is 10.0. The Hall–Kier alpha value is -2.98. The van der Waals surface area contributed by atoms with Gasteiger partial charge in [-0.05, 0) is 51.2 Å². The molecule has 4 rings (SSSR count). The highest BCUT2D eigenvalue weighted by atomic mass is 16.6. The number of carbonyl (C=O) groups is 4. The van der Waals surface area contributed by atoms with E-state index < -0.39 is 23.5 Å². The number of nitrogens with one attached hydrogen (secondary N) is 3. The number of benzene rings is 1. The third kappa shape index (κ3) is 14.4. The van der Waals surface area contributed by atoms with Gasteiger partial charge in [-0.15, -0.1) is 0 Å². The van der Waals surface area contributed by atoms with Crippen molar-refractivity contribution < 1.29 is 37.7 Å². The second-order valence-corrected chi connectivity index (χ2v) is 10.0. The van der Waals surface area contributed by atoms with Crippen LogP contribution >= 0.6 is 0 Å². The van der Waals surface area contributed by atoms with Gasteiger partial charge in [-0.3, -0.25) is 19.2 Å². The monoisotopic (exact) mass is 569 g/mol. The van der Waals surface area contributed by atoms with Gasteiger partial charge in [0.15, 0.2) is 5.78 Å². The molecule has 1 aliphatic carbocycles. The van der Waals surface area contributed by atoms with E-state index in [4.69, 9.17) is 14.2 Å². The van der Waals surface area contributed by atoms with Crippen LogP contribution in [0.3, 0.4) is 0 Å². The van der Waals surface area contributed by atoms with Crippen molar-refractivity contribution in [2.45, 2.75) is 84.3 Å². The molecular formula is C30H55N3O7.